The van der Waals surface area contributed by atoms with Gasteiger partial charge < -0.3 is 19.5 Å². The maximum Gasteiger partial charge on any atom is 0.322 e. The third-order valence-corrected chi connectivity index (χ3v) is 3.24. The Morgan fingerprint density at radius 3 is 2.55 bits per heavy atom. The zero-order valence-corrected chi connectivity index (χ0v) is 14.1. The van der Waals surface area contributed by atoms with Gasteiger partial charge in [0, 0.05) is 12.1 Å². The summed E-state index contributed by atoms with van der Waals surface area (Å²) in [7, 11) is 3.03. The third kappa shape index (κ3) is 5.22. The van der Waals surface area contributed by atoms with Crippen molar-refractivity contribution in [1.29, 1.82) is 0 Å². The number of benzene rings is 1. The lowest BCUT2D eigenvalue weighted by Gasteiger charge is -2.20. The maximum atomic E-state index is 11.8. The molecule has 5 heteroatoms. The number of hydrogen-bond acceptors (Lipinski definition) is 5. The van der Waals surface area contributed by atoms with E-state index in [0.29, 0.717) is 18.0 Å². The smallest absolute Gasteiger partial charge is 0.322 e. The van der Waals surface area contributed by atoms with Gasteiger partial charge in [-0.1, -0.05) is 25.5 Å². The van der Waals surface area contributed by atoms with Crippen molar-refractivity contribution in [3.05, 3.63) is 23.8 Å². The number of ether oxygens (including phenoxy) is 3. The molecule has 1 N–H and O–H groups in total. The lowest BCUT2D eigenvalue weighted by Crippen LogP contribution is -2.37. The molecule has 0 aromatic heterocycles. The van der Waals surface area contributed by atoms with Crippen LogP contribution < -0.4 is 14.8 Å². The molecule has 0 heterocycles. The monoisotopic (exact) mass is 309 g/mol. The quantitative estimate of drug-likeness (QED) is 0.711. The first kappa shape index (κ1) is 18.3. The van der Waals surface area contributed by atoms with E-state index in [1.54, 1.807) is 7.11 Å². The molecule has 124 valence electrons. The van der Waals surface area contributed by atoms with Crippen molar-refractivity contribution >= 4 is 5.97 Å². The molecule has 0 fully saturated rings. The van der Waals surface area contributed by atoms with Gasteiger partial charge in [-0.05, 0) is 26.3 Å². The van der Waals surface area contributed by atoms with Crippen LogP contribution in [0, 0.1) is 0 Å². The molecule has 0 unspecified atom stereocenters. The number of para-hydroxylation sites is 1. The Morgan fingerprint density at radius 1 is 1.27 bits per heavy atom. The van der Waals surface area contributed by atoms with Gasteiger partial charge in [0.05, 0.1) is 20.3 Å². The van der Waals surface area contributed by atoms with Gasteiger partial charge in [-0.2, -0.15) is 0 Å². The van der Waals surface area contributed by atoms with Gasteiger partial charge in [0.15, 0.2) is 11.5 Å². The van der Waals surface area contributed by atoms with Crippen LogP contribution in [0.1, 0.15) is 39.2 Å². The third-order valence-electron chi connectivity index (χ3n) is 3.24. The average Bonchev–Trinajstić information content (AvgIpc) is 2.51. The van der Waals surface area contributed by atoms with Crippen molar-refractivity contribution in [1.82, 2.24) is 5.32 Å². The standard InChI is InChI=1S/C17H27NO4/c1-6-8-14(17(19)21-5)18-11-13-9-7-10-15(20-4)16(13)22-12(2)3/h7,9-10,12,14,18H,6,8,11H2,1-5H3/t14-/m1/s1. The van der Waals surface area contributed by atoms with E-state index in [4.69, 9.17) is 14.2 Å². The Balaban J connectivity index is 2.89. The highest BCUT2D eigenvalue weighted by atomic mass is 16.5. The van der Waals surface area contributed by atoms with E-state index in [2.05, 4.69) is 5.32 Å². The first-order chi connectivity index (χ1) is 10.5. The summed E-state index contributed by atoms with van der Waals surface area (Å²) < 4.78 is 16.1. The highest BCUT2D eigenvalue weighted by Gasteiger charge is 2.19. The zero-order chi connectivity index (χ0) is 16.5. The van der Waals surface area contributed by atoms with Crippen molar-refractivity contribution in [3.63, 3.8) is 0 Å². The van der Waals surface area contributed by atoms with Gasteiger partial charge in [0.25, 0.3) is 0 Å². The van der Waals surface area contributed by atoms with Gasteiger partial charge >= 0.3 is 5.97 Å². The predicted molar refractivity (Wildman–Crippen MR) is 86.3 cm³/mol. The Morgan fingerprint density at radius 2 is 2.00 bits per heavy atom. The van der Waals surface area contributed by atoms with Crippen molar-refractivity contribution in [3.8, 4) is 11.5 Å². The highest BCUT2D eigenvalue weighted by molar-refractivity contribution is 5.75. The Labute approximate surface area is 132 Å². The molecule has 1 rings (SSSR count). The molecule has 0 aliphatic rings. The number of nitrogens with one attached hydrogen (secondary N) is 1. The summed E-state index contributed by atoms with van der Waals surface area (Å²) in [5.41, 5.74) is 0.957. The molecule has 1 aromatic carbocycles. The van der Waals surface area contributed by atoms with Crippen LogP contribution in [0.2, 0.25) is 0 Å². The summed E-state index contributed by atoms with van der Waals surface area (Å²) in [4.78, 5) is 11.8. The first-order valence-corrected chi connectivity index (χ1v) is 7.67. The Bertz CT molecular complexity index is 474. The fourth-order valence-electron chi connectivity index (χ4n) is 2.20. The Hall–Kier alpha value is -1.75. The van der Waals surface area contributed by atoms with Crippen molar-refractivity contribution < 1.29 is 19.0 Å². The summed E-state index contributed by atoms with van der Waals surface area (Å²) >= 11 is 0. The van der Waals surface area contributed by atoms with Crippen LogP contribution in [0.15, 0.2) is 18.2 Å². The molecular formula is C17H27NO4. The average molecular weight is 309 g/mol. The molecule has 0 amide bonds. The van der Waals surface area contributed by atoms with Crippen molar-refractivity contribution in [2.24, 2.45) is 0 Å². The minimum Gasteiger partial charge on any atom is -0.493 e. The highest BCUT2D eigenvalue weighted by Crippen LogP contribution is 2.32. The van der Waals surface area contributed by atoms with Crippen LogP contribution in [0.25, 0.3) is 0 Å². The second-order valence-electron chi connectivity index (χ2n) is 5.36. The molecular weight excluding hydrogens is 282 g/mol. The molecule has 1 atom stereocenters. The van der Waals surface area contributed by atoms with Gasteiger partial charge in [0.1, 0.15) is 6.04 Å². The summed E-state index contributed by atoms with van der Waals surface area (Å²) in [5, 5.41) is 3.24. The van der Waals surface area contributed by atoms with Gasteiger partial charge in [-0.15, -0.1) is 0 Å². The predicted octanol–water partition coefficient (Wildman–Crippen LogP) is 2.91. The first-order valence-electron chi connectivity index (χ1n) is 7.67. The van der Waals surface area contributed by atoms with Gasteiger partial charge in [0.2, 0.25) is 0 Å². The number of methoxy groups -OCH3 is 2. The number of carbonyl (C=O) groups excluding carboxylic acids is 1. The largest absolute Gasteiger partial charge is 0.493 e. The van der Waals surface area contributed by atoms with Crippen LogP contribution in [0.4, 0.5) is 0 Å². The maximum absolute atomic E-state index is 11.8. The minimum atomic E-state index is -0.312. The lowest BCUT2D eigenvalue weighted by molar-refractivity contribution is -0.143. The molecule has 22 heavy (non-hydrogen) atoms. The molecule has 0 radical (unpaired) electrons. The van der Waals surface area contributed by atoms with Crippen LogP contribution in [-0.4, -0.2) is 32.3 Å². The molecule has 0 aliphatic heterocycles. The van der Waals surface area contributed by atoms with Crippen molar-refractivity contribution in [2.75, 3.05) is 14.2 Å². The molecule has 0 saturated carbocycles. The number of carbonyl (C=O) groups is 1. The summed E-state index contributed by atoms with van der Waals surface area (Å²) in [5.74, 6) is 1.17. The topological polar surface area (TPSA) is 56.8 Å². The lowest BCUT2D eigenvalue weighted by atomic mass is 10.1. The molecule has 5 nitrogen and oxygen atoms in total. The van der Waals surface area contributed by atoms with Gasteiger partial charge in [-0.3, -0.25) is 4.79 Å². The van der Waals surface area contributed by atoms with E-state index in [1.165, 1.54) is 7.11 Å². The van der Waals surface area contributed by atoms with E-state index in [-0.39, 0.29) is 18.1 Å². The number of rotatable bonds is 9. The summed E-state index contributed by atoms with van der Waals surface area (Å²) in [6, 6.07) is 5.43. The van der Waals surface area contributed by atoms with E-state index in [0.717, 1.165) is 18.4 Å². The molecule has 0 aliphatic carbocycles. The number of esters is 1. The van der Waals surface area contributed by atoms with Crippen molar-refractivity contribution in [2.45, 2.75) is 52.3 Å². The van der Waals surface area contributed by atoms with E-state index in [1.807, 2.05) is 39.0 Å². The molecule has 1 aromatic rings. The fourth-order valence-corrected chi connectivity index (χ4v) is 2.20. The number of hydrogen-bond donors (Lipinski definition) is 1. The van der Waals surface area contributed by atoms with E-state index in [9.17, 15) is 4.79 Å². The summed E-state index contributed by atoms with van der Waals surface area (Å²) in [6.07, 6.45) is 1.68. The molecule has 0 saturated heterocycles. The van der Waals surface area contributed by atoms with Crippen LogP contribution >= 0.6 is 0 Å². The van der Waals surface area contributed by atoms with Crippen LogP contribution in [0.3, 0.4) is 0 Å². The van der Waals surface area contributed by atoms with E-state index < -0.39 is 0 Å². The second-order valence-corrected chi connectivity index (χ2v) is 5.36. The minimum absolute atomic E-state index is 0.0436. The van der Waals surface area contributed by atoms with E-state index >= 15 is 0 Å². The van der Waals surface area contributed by atoms with Crippen LogP contribution in [-0.2, 0) is 16.1 Å². The molecule has 0 spiro atoms. The normalized spacial score (nSPS) is 12.1. The zero-order valence-electron chi connectivity index (χ0n) is 14.1. The SMILES string of the molecule is CCC[C@@H](NCc1cccc(OC)c1OC(C)C)C(=O)OC. The van der Waals surface area contributed by atoms with Crippen LogP contribution in [0.5, 0.6) is 11.5 Å². The summed E-state index contributed by atoms with van der Waals surface area (Å²) in [6.45, 7) is 6.49. The van der Waals surface area contributed by atoms with Gasteiger partial charge in [-0.25, -0.2) is 0 Å². The molecule has 0 bridgehead atoms. The second kappa shape index (κ2) is 9.30. The Kier molecular flexibility index (Phi) is 7.74. The fraction of sp³-hybridized carbons (Fsp3) is 0.588.